The van der Waals surface area contributed by atoms with Crippen molar-refractivity contribution >= 4 is 49.5 Å². The minimum absolute atomic E-state index is 0.598. The highest BCUT2D eigenvalue weighted by Gasteiger charge is 2.20. The fourth-order valence-corrected chi connectivity index (χ4v) is 6.41. The predicted octanol–water partition coefficient (Wildman–Crippen LogP) is 4.72. The fourth-order valence-electron chi connectivity index (χ4n) is 3.14. The van der Waals surface area contributed by atoms with Crippen molar-refractivity contribution in [3.8, 4) is 0 Å². The van der Waals surface area contributed by atoms with Gasteiger partial charge in [-0.1, -0.05) is 121 Å². The summed E-state index contributed by atoms with van der Waals surface area (Å²) in [4.78, 5) is 25.3. The van der Waals surface area contributed by atoms with Crippen LogP contribution in [0.2, 0.25) is 0 Å². The van der Waals surface area contributed by atoms with E-state index in [4.69, 9.17) is 9.05 Å². The van der Waals surface area contributed by atoms with Crippen LogP contribution in [0.25, 0.3) is 0 Å². The van der Waals surface area contributed by atoms with E-state index in [1.54, 1.807) is 0 Å². The number of rotatable bonds is 8. The molecule has 0 saturated heterocycles. The summed E-state index contributed by atoms with van der Waals surface area (Å²) in [6.45, 7) is 0. The Labute approximate surface area is 201 Å². The molecule has 0 saturated carbocycles. The average molecular weight is 484 g/mol. The summed E-state index contributed by atoms with van der Waals surface area (Å²) in [5, 5.41) is 3.63. The summed E-state index contributed by atoms with van der Waals surface area (Å²) >= 11 is 0. The van der Waals surface area contributed by atoms with Crippen LogP contribution in [0.15, 0.2) is 133 Å². The maximum atomic E-state index is 12.6. The quantitative estimate of drug-likeness (QED) is 0.268. The zero-order valence-corrected chi connectivity index (χ0v) is 20.0. The third kappa shape index (κ3) is 6.48. The van der Waals surface area contributed by atoms with Gasteiger partial charge in [0.05, 0.1) is 0 Å². The van der Waals surface area contributed by atoms with Gasteiger partial charge in [-0.05, 0) is 0 Å². The second kappa shape index (κ2) is 12.0. The molecule has 6 heteroatoms. The normalized spacial score (nSPS) is 11.0. The lowest BCUT2D eigenvalue weighted by Crippen LogP contribution is -2.17. The van der Waals surface area contributed by atoms with E-state index < -0.39 is 28.2 Å². The van der Waals surface area contributed by atoms with Gasteiger partial charge in [-0.2, -0.15) is 0 Å². The molecule has 4 aromatic carbocycles. The van der Waals surface area contributed by atoms with Crippen molar-refractivity contribution in [3.05, 3.63) is 133 Å². The van der Waals surface area contributed by atoms with Crippen LogP contribution in [0.4, 0.5) is 0 Å². The summed E-state index contributed by atoms with van der Waals surface area (Å²) in [7, 11) is -2.72. The monoisotopic (exact) mass is 484 g/mol. The minimum Gasteiger partial charge on any atom is -0.432 e. The molecule has 0 radical (unpaired) electrons. The molecule has 0 aliphatic rings. The van der Waals surface area contributed by atoms with Gasteiger partial charge in [0.15, 0.2) is 16.3 Å². The molecule has 0 heterocycles. The van der Waals surface area contributed by atoms with Gasteiger partial charge in [-0.25, -0.2) is 9.59 Å². The zero-order chi connectivity index (χ0) is 23.6. The molecule has 0 fully saturated rings. The van der Waals surface area contributed by atoms with Crippen molar-refractivity contribution in [1.82, 2.24) is 0 Å². The topological polar surface area (TPSA) is 52.6 Å². The average Bonchev–Trinajstić information content (AvgIpc) is 2.91. The summed E-state index contributed by atoms with van der Waals surface area (Å²) in [5.41, 5.74) is 0. The Balaban J connectivity index is 1.47. The van der Waals surface area contributed by atoms with Crippen molar-refractivity contribution in [2.24, 2.45) is 0 Å². The summed E-state index contributed by atoms with van der Waals surface area (Å²) in [6.07, 6.45) is 2.26. The first-order chi connectivity index (χ1) is 16.7. The van der Waals surface area contributed by atoms with Gasteiger partial charge in [0, 0.05) is 33.4 Å². The van der Waals surface area contributed by atoms with Crippen LogP contribution in [0.1, 0.15) is 0 Å². The number of hydrogen-bond acceptors (Lipinski definition) is 4. The number of carbonyl (C=O) groups is 2. The molecule has 4 nitrogen and oxygen atoms in total. The molecule has 0 aliphatic carbocycles. The summed E-state index contributed by atoms with van der Waals surface area (Å²) in [6, 6.07) is 38.3. The lowest BCUT2D eigenvalue weighted by Gasteiger charge is -2.17. The Morgan fingerprint density at radius 1 is 0.441 bits per heavy atom. The Morgan fingerprint density at radius 3 is 0.912 bits per heavy atom. The predicted molar refractivity (Wildman–Crippen MR) is 139 cm³/mol. The van der Waals surface area contributed by atoms with Crippen LogP contribution in [0, 0.1) is 0 Å². The first-order valence-electron chi connectivity index (χ1n) is 10.6. The highest BCUT2D eigenvalue weighted by Crippen LogP contribution is 2.36. The van der Waals surface area contributed by atoms with E-state index >= 15 is 0 Å². The van der Waals surface area contributed by atoms with E-state index in [1.807, 2.05) is 121 Å². The van der Waals surface area contributed by atoms with Crippen LogP contribution < -0.4 is 21.2 Å². The van der Waals surface area contributed by atoms with Crippen molar-refractivity contribution in [2.75, 3.05) is 0 Å². The van der Waals surface area contributed by atoms with Crippen LogP contribution in [0.3, 0.4) is 0 Å². The van der Waals surface area contributed by atoms with Gasteiger partial charge in [-0.3, -0.25) is 0 Å². The van der Waals surface area contributed by atoms with E-state index in [-0.39, 0.29) is 0 Å². The first-order valence-corrected chi connectivity index (χ1v) is 13.1. The van der Waals surface area contributed by atoms with E-state index in [2.05, 4.69) is 0 Å². The molecule has 0 aromatic heterocycles. The molecule has 168 valence electrons. The summed E-state index contributed by atoms with van der Waals surface area (Å²) < 4.78 is 11.6. The molecule has 0 spiro atoms. The van der Waals surface area contributed by atoms with Gasteiger partial charge in [0.25, 0.3) is 0 Å². The van der Waals surface area contributed by atoms with E-state index in [0.717, 1.165) is 33.4 Å². The molecule has 0 aliphatic heterocycles. The molecule has 0 bridgehead atoms. The Morgan fingerprint density at radius 2 is 0.676 bits per heavy atom. The summed E-state index contributed by atoms with van der Waals surface area (Å²) in [5.74, 6) is -1.20. The largest absolute Gasteiger partial charge is 0.432 e. The van der Waals surface area contributed by atoms with Crippen molar-refractivity contribution in [3.63, 3.8) is 0 Å². The lowest BCUT2D eigenvalue weighted by atomic mass is 10.4. The zero-order valence-electron chi connectivity index (χ0n) is 18.2. The van der Waals surface area contributed by atoms with Crippen LogP contribution in [0.5, 0.6) is 0 Å². The highest BCUT2D eigenvalue weighted by atomic mass is 31.1. The number of hydrogen-bond donors (Lipinski definition) is 0. The fraction of sp³-hybridized carbons (Fsp3) is 0. The number of carbonyl (C=O) groups excluding carboxylic acids is 2. The van der Waals surface area contributed by atoms with E-state index in [0.29, 0.717) is 0 Å². The Kier molecular flexibility index (Phi) is 8.35. The van der Waals surface area contributed by atoms with Gasteiger partial charge in [0.1, 0.15) is 0 Å². The van der Waals surface area contributed by atoms with Gasteiger partial charge in [0.2, 0.25) is 0 Å². The van der Waals surface area contributed by atoms with E-state index in [1.165, 1.54) is 0 Å². The molecule has 4 aromatic rings. The second-order valence-corrected chi connectivity index (χ2v) is 10.7. The van der Waals surface area contributed by atoms with Gasteiger partial charge in [-0.15, -0.1) is 0 Å². The molecule has 0 atom stereocenters. The third-order valence-corrected chi connectivity index (χ3v) is 8.47. The SMILES string of the molecule is O=C(/C=C\C(=O)OP(c1ccccc1)c1ccccc1)OP(c1ccccc1)c1ccccc1. The van der Waals surface area contributed by atoms with Gasteiger partial charge < -0.3 is 9.05 Å². The maximum Gasteiger partial charge on any atom is 0.334 e. The molecule has 4 rings (SSSR count). The maximum absolute atomic E-state index is 12.6. The van der Waals surface area contributed by atoms with Crippen molar-refractivity contribution in [2.45, 2.75) is 0 Å². The minimum atomic E-state index is -1.36. The van der Waals surface area contributed by atoms with Crippen LogP contribution in [-0.2, 0) is 18.6 Å². The molecular weight excluding hydrogens is 462 g/mol. The molecule has 0 amide bonds. The second-order valence-electron chi connectivity index (χ2n) is 7.08. The van der Waals surface area contributed by atoms with Crippen LogP contribution >= 0.6 is 16.3 Å². The van der Waals surface area contributed by atoms with Crippen molar-refractivity contribution < 1.29 is 18.6 Å². The van der Waals surface area contributed by atoms with Gasteiger partial charge >= 0.3 is 11.9 Å². The molecule has 0 unspecified atom stereocenters. The lowest BCUT2D eigenvalue weighted by molar-refractivity contribution is -0.130. The highest BCUT2D eigenvalue weighted by molar-refractivity contribution is 7.69. The molecule has 0 N–H and O–H groups in total. The Hall–Kier alpha value is -3.58. The van der Waals surface area contributed by atoms with Crippen molar-refractivity contribution in [1.29, 1.82) is 0 Å². The van der Waals surface area contributed by atoms with Crippen LogP contribution in [-0.4, -0.2) is 11.9 Å². The van der Waals surface area contributed by atoms with E-state index in [9.17, 15) is 9.59 Å². The third-order valence-electron chi connectivity index (χ3n) is 4.68. The molecule has 34 heavy (non-hydrogen) atoms. The smallest absolute Gasteiger partial charge is 0.334 e. The number of benzene rings is 4. The first kappa shape index (κ1) is 23.6. The Bertz CT molecular complexity index is 1050. The standard InChI is InChI=1S/C28H22O4P2/c29-27(31-33(23-13-5-1-6-14-23)24-15-7-2-8-16-24)21-22-28(30)32-34(25-17-9-3-10-18-25)26-19-11-4-12-20-26/h1-22H/b22-21-. The molecular formula is C28H22O4P2.